The number of alkyl halides is 1. The average Bonchev–Trinajstić information content (AvgIpc) is 2.86. The average molecular weight is 332 g/mol. The number of methoxy groups -OCH3 is 1. The smallest absolute Gasteiger partial charge is 0.0764 e. The van der Waals surface area contributed by atoms with Crippen molar-refractivity contribution in [3.05, 3.63) is 18.0 Å². The van der Waals surface area contributed by atoms with Crippen molar-refractivity contribution in [3.63, 3.8) is 0 Å². The first-order chi connectivity index (χ1) is 9.24. The van der Waals surface area contributed by atoms with Crippen molar-refractivity contribution < 1.29 is 4.74 Å². The van der Waals surface area contributed by atoms with Crippen LogP contribution in [0.3, 0.4) is 0 Å². The van der Waals surface area contributed by atoms with E-state index in [1.165, 1.54) is 0 Å². The maximum Gasteiger partial charge on any atom is 0.0764 e. The molecule has 0 saturated heterocycles. The minimum Gasteiger partial charge on any atom is -0.383 e. The third kappa shape index (κ3) is 5.63. The standard InChI is InChI=1S/C14H26BrN3O/c1-4-14(5-2)18-8-6-13(16-18)12-17(9-7-15)10-11-19-3/h6,8,14H,4-5,7,9-12H2,1-3H3. The second-order valence-corrected chi connectivity index (χ2v) is 5.51. The van der Waals surface area contributed by atoms with Crippen LogP contribution in [0.15, 0.2) is 12.3 Å². The maximum absolute atomic E-state index is 5.15. The van der Waals surface area contributed by atoms with Gasteiger partial charge in [-0.25, -0.2) is 0 Å². The van der Waals surface area contributed by atoms with Crippen molar-refractivity contribution in [1.82, 2.24) is 14.7 Å². The van der Waals surface area contributed by atoms with Gasteiger partial charge in [-0.05, 0) is 18.9 Å². The van der Waals surface area contributed by atoms with E-state index in [0.717, 1.165) is 50.1 Å². The molecule has 0 radical (unpaired) electrons. The van der Waals surface area contributed by atoms with Gasteiger partial charge in [0.15, 0.2) is 0 Å². The molecule has 0 aromatic carbocycles. The lowest BCUT2D eigenvalue weighted by molar-refractivity contribution is 0.147. The Kier molecular flexibility index (Phi) is 8.34. The molecule has 0 amide bonds. The first-order valence-electron chi connectivity index (χ1n) is 7.06. The van der Waals surface area contributed by atoms with Crippen LogP contribution in [0.1, 0.15) is 38.4 Å². The quantitative estimate of drug-likeness (QED) is 0.617. The Morgan fingerprint density at radius 2 is 2.11 bits per heavy atom. The molecule has 0 spiro atoms. The van der Waals surface area contributed by atoms with Crippen LogP contribution in [0.4, 0.5) is 0 Å². The summed E-state index contributed by atoms with van der Waals surface area (Å²) < 4.78 is 7.26. The van der Waals surface area contributed by atoms with Gasteiger partial charge in [-0.2, -0.15) is 5.10 Å². The number of aromatic nitrogens is 2. The van der Waals surface area contributed by atoms with Gasteiger partial charge in [0.1, 0.15) is 0 Å². The molecule has 0 bridgehead atoms. The molecule has 1 heterocycles. The fourth-order valence-electron chi connectivity index (χ4n) is 2.17. The van der Waals surface area contributed by atoms with Crippen LogP contribution in [0.2, 0.25) is 0 Å². The molecule has 0 fully saturated rings. The van der Waals surface area contributed by atoms with Crippen molar-refractivity contribution >= 4 is 15.9 Å². The lowest BCUT2D eigenvalue weighted by atomic mass is 10.2. The van der Waals surface area contributed by atoms with Gasteiger partial charge in [-0.3, -0.25) is 9.58 Å². The SMILES string of the molecule is CCC(CC)n1ccc(CN(CCBr)CCOC)n1. The van der Waals surface area contributed by atoms with Crippen LogP contribution in [0, 0.1) is 0 Å². The minimum absolute atomic E-state index is 0.525. The summed E-state index contributed by atoms with van der Waals surface area (Å²) in [6.07, 6.45) is 4.37. The minimum atomic E-state index is 0.525. The highest BCUT2D eigenvalue weighted by atomic mass is 79.9. The third-order valence-electron chi connectivity index (χ3n) is 3.38. The van der Waals surface area contributed by atoms with E-state index in [9.17, 15) is 0 Å². The van der Waals surface area contributed by atoms with Crippen LogP contribution in [0.25, 0.3) is 0 Å². The number of hydrogen-bond donors (Lipinski definition) is 0. The zero-order valence-electron chi connectivity index (χ0n) is 12.3. The van der Waals surface area contributed by atoms with Gasteiger partial charge in [0, 0.05) is 38.3 Å². The number of nitrogens with zero attached hydrogens (tertiary/aromatic N) is 3. The monoisotopic (exact) mass is 331 g/mol. The molecule has 19 heavy (non-hydrogen) atoms. The Hall–Kier alpha value is -0.390. The number of hydrogen-bond acceptors (Lipinski definition) is 3. The summed E-state index contributed by atoms with van der Waals surface area (Å²) in [6, 6.07) is 2.66. The summed E-state index contributed by atoms with van der Waals surface area (Å²) in [7, 11) is 1.74. The molecule has 0 saturated carbocycles. The largest absolute Gasteiger partial charge is 0.383 e. The molecule has 1 aromatic rings. The lowest BCUT2D eigenvalue weighted by Crippen LogP contribution is -2.29. The van der Waals surface area contributed by atoms with E-state index in [2.05, 4.69) is 51.6 Å². The van der Waals surface area contributed by atoms with Crippen molar-refractivity contribution in [2.75, 3.05) is 32.1 Å². The molecule has 4 nitrogen and oxygen atoms in total. The molecule has 0 atom stereocenters. The summed E-state index contributed by atoms with van der Waals surface area (Å²) >= 11 is 3.50. The van der Waals surface area contributed by atoms with E-state index in [1.807, 2.05) is 0 Å². The number of halogens is 1. The number of rotatable bonds is 10. The van der Waals surface area contributed by atoms with Crippen LogP contribution in [-0.2, 0) is 11.3 Å². The van der Waals surface area contributed by atoms with E-state index in [4.69, 9.17) is 9.84 Å². The molecule has 110 valence electrons. The molecule has 0 N–H and O–H groups in total. The van der Waals surface area contributed by atoms with Crippen molar-refractivity contribution in [3.8, 4) is 0 Å². The zero-order valence-corrected chi connectivity index (χ0v) is 13.9. The van der Waals surface area contributed by atoms with Gasteiger partial charge >= 0.3 is 0 Å². The summed E-state index contributed by atoms with van der Waals surface area (Å²) in [5, 5.41) is 5.68. The molecule has 0 unspecified atom stereocenters. The van der Waals surface area contributed by atoms with E-state index < -0.39 is 0 Å². The Morgan fingerprint density at radius 3 is 2.68 bits per heavy atom. The van der Waals surface area contributed by atoms with E-state index >= 15 is 0 Å². The Bertz CT molecular complexity index is 339. The van der Waals surface area contributed by atoms with Crippen molar-refractivity contribution in [1.29, 1.82) is 0 Å². The van der Waals surface area contributed by atoms with Crippen molar-refractivity contribution in [2.45, 2.75) is 39.3 Å². The fraction of sp³-hybridized carbons (Fsp3) is 0.786. The Labute approximate surface area is 125 Å². The molecular weight excluding hydrogens is 306 g/mol. The topological polar surface area (TPSA) is 30.3 Å². The normalized spacial score (nSPS) is 11.7. The molecule has 0 aliphatic carbocycles. The molecule has 5 heteroatoms. The third-order valence-corrected chi connectivity index (χ3v) is 3.73. The van der Waals surface area contributed by atoms with Crippen LogP contribution in [-0.4, -0.2) is 46.8 Å². The van der Waals surface area contributed by atoms with Gasteiger partial charge in [0.25, 0.3) is 0 Å². The van der Waals surface area contributed by atoms with Crippen molar-refractivity contribution in [2.24, 2.45) is 0 Å². The highest BCUT2D eigenvalue weighted by molar-refractivity contribution is 9.09. The van der Waals surface area contributed by atoms with Gasteiger partial charge in [-0.15, -0.1) is 0 Å². The molecule has 1 aromatic heterocycles. The van der Waals surface area contributed by atoms with E-state index in [-0.39, 0.29) is 0 Å². The molecule has 1 rings (SSSR count). The summed E-state index contributed by atoms with van der Waals surface area (Å²) in [5.74, 6) is 0. The maximum atomic E-state index is 5.15. The number of ether oxygens (including phenoxy) is 1. The van der Waals surface area contributed by atoms with Gasteiger partial charge in [-0.1, -0.05) is 29.8 Å². The molecule has 0 aliphatic rings. The first kappa shape index (κ1) is 16.7. The second-order valence-electron chi connectivity index (χ2n) is 4.72. The first-order valence-corrected chi connectivity index (χ1v) is 8.18. The van der Waals surface area contributed by atoms with Gasteiger partial charge in [0.2, 0.25) is 0 Å². The lowest BCUT2D eigenvalue weighted by Gasteiger charge is -2.19. The second kappa shape index (κ2) is 9.50. The van der Waals surface area contributed by atoms with Crippen LogP contribution in [0.5, 0.6) is 0 Å². The van der Waals surface area contributed by atoms with E-state index in [0.29, 0.717) is 6.04 Å². The summed E-state index contributed by atoms with van der Waals surface area (Å²) in [6.45, 7) is 8.04. The summed E-state index contributed by atoms with van der Waals surface area (Å²) in [5.41, 5.74) is 1.14. The Morgan fingerprint density at radius 1 is 1.37 bits per heavy atom. The van der Waals surface area contributed by atoms with E-state index in [1.54, 1.807) is 7.11 Å². The van der Waals surface area contributed by atoms with Gasteiger partial charge < -0.3 is 4.74 Å². The zero-order chi connectivity index (χ0) is 14.1. The van der Waals surface area contributed by atoms with Gasteiger partial charge in [0.05, 0.1) is 18.3 Å². The Balaban J connectivity index is 2.58. The highest BCUT2D eigenvalue weighted by Gasteiger charge is 2.10. The van der Waals surface area contributed by atoms with Crippen LogP contribution < -0.4 is 0 Å². The molecular formula is C14H26BrN3O. The fourth-order valence-corrected chi connectivity index (χ4v) is 2.67. The predicted molar refractivity (Wildman–Crippen MR) is 82.8 cm³/mol. The predicted octanol–water partition coefficient (Wildman–Crippen LogP) is 3.09. The molecule has 0 aliphatic heterocycles. The highest BCUT2D eigenvalue weighted by Crippen LogP contribution is 2.15. The van der Waals surface area contributed by atoms with Crippen LogP contribution >= 0.6 is 15.9 Å². The summed E-state index contributed by atoms with van der Waals surface area (Å²) in [4.78, 5) is 2.36.